The van der Waals surface area contributed by atoms with Crippen LogP contribution in [0, 0.1) is 0 Å². The molecule has 0 heterocycles. The summed E-state index contributed by atoms with van der Waals surface area (Å²) < 4.78 is 67.6. The van der Waals surface area contributed by atoms with Gasteiger partial charge in [0.1, 0.15) is 0 Å². The molecule has 0 aromatic rings. The summed E-state index contributed by atoms with van der Waals surface area (Å²) in [4.78, 5) is 0. The standard InChI is InChI=1S/2C12H27O4Si.2C3H7O.Ti/c2*1-10(2,3)14-17(13,15-11(4,5)6)16-12(7,8)9;2*1-3(2)4;/h2*1-9H3;2*3H,1-2H3;/q4*-1;+4. The Balaban J connectivity index is 7.88. The van der Waals surface area contributed by atoms with Crippen LogP contribution in [0.2, 0.25) is 0 Å². The zero-order valence-corrected chi connectivity index (χ0v) is 35.3. The molecule has 0 fully saturated rings. The summed E-state index contributed by atoms with van der Waals surface area (Å²) >= 11 is -5.16. The molecule has 0 radical (unpaired) electrons. The molecule has 0 N–H and O–H groups in total. The van der Waals surface area contributed by atoms with E-state index in [4.69, 9.17) is 39.2 Å². The Bertz CT molecular complexity index is 690. The molecule has 0 aromatic carbocycles. The molecule has 0 amide bonds. The molecule has 0 aliphatic heterocycles. The first-order valence-electron chi connectivity index (χ1n) is 15.5. The third-order valence-electron chi connectivity index (χ3n) is 3.85. The van der Waals surface area contributed by atoms with Gasteiger partial charge >= 0.3 is 274 Å². The molecule has 0 unspecified atom stereocenters. The summed E-state index contributed by atoms with van der Waals surface area (Å²) in [6.07, 6.45) is -0.759. The molecule has 0 aliphatic rings. The van der Waals surface area contributed by atoms with Crippen LogP contribution in [0.15, 0.2) is 0 Å². The number of hydrogen-bond donors (Lipinski definition) is 0. The minimum absolute atomic E-state index is 0.380. The van der Waals surface area contributed by atoms with E-state index in [0.717, 1.165) is 0 Å². The van der Waals surface area contributed by atoms with Crippen molar-refractivity contribution in [1.82, 2.24) is 0 Å². The van der Waals surface area contributed by atoms with Crippen LogP contribution in [0.25, 0.3) is 0 Å². The third kappa shape index (κ3) is 20.6. The van der Waals surface area contributed by atoms with E-state index >= 15 is 0 Å². The molecule has 0 spiro atoms. The van der Waals surface area contributed by atoms with Crippen LogP contribution in [0.3, 0.4) is 0 Å². The fourth-order valence-electron chi connectivity index (χ4n) is 3.53. The van der Waals surface area contributed by atoms with Crippen LogP contribution in [0.4, 0.5) is 0 Å². The second-order valence-electron chi connectivity index (χ2n) is 17.3. The summed E-state index contributed by atoms with van der Waals surface area (Å²) in [5.41, 5.74) is -4.38. The van der Waals surface area contributed by atoms with Crippen LogP contribution in [0.5, 0.6) is 0 Å². The molecule has 13 heteroatoms. The summed E-state index contributed by atoms with van der Waals surface area (Å²) in [6.45, 7) is 42.2. The first-order valence-corrected chi connectivity index (χ1v) is 21.3. The van der Waals surface area contributed by atoms with Gasteiger partial charge in [0.05, 0.1) is 0 Å². The molecule has 0 saturated heterocycles. The van der Waals surface area contributed by atoms with Crippen molar-refractivity contribution in [3.8, 4) is 0 Å². The second kappa shape index (κ2) is 14.9. The molecule has 43 heavy (non-hydrogen) atoms. The van der Waals surface area contributed by atoms with Gasteiger partial charge in [-0.1, -0.05) is 0 Å². The van der Waals surface area contributed by atoms with E-state index in [1.807, 2.05) is 152 Å². The van der Waals surface area contributed by atoms with Crippen molar-refractivity contribution >= 4 is 18.1 Å². The van der Waals surface area contributed by atoms with Gasteiger partial charge in [-0.25, -0.2) is 0 Å². The summed E-state index contributed by atoms with van der Waals surface area (Å²) in [6, 6.07) is 0. The van der Waals surface area contributed by atoms with Crippen molar-refractivity contribution in [2.24, 2.45) is 0 Å². The predicted molar refractivity (Wildman–Crippen MR) is 171 cm³/mol. The molecule has 10 nitrogen and oxygen atoms in total. The van der Waals surface area contributed by atoms with E-state index < -0.39 is 69.8 Å². The van der Waals surface area contributed by atoms with E-state index in [9.17, 15) is 0 Å². The van der Waals surface area contributed by atoms with E-state index in [-0.39, 0.29) is 12.2 Å². The predicted octanol–water partition coefficient (Wildman–Crippen LogP) is 8.45. The van der Waals surface area contributed by atoms with Gasteiger partial charge in [0.15, 0.2) is 0 Å². The van der Waals surface area contributed by atoms with Crippen molar-refractivity contribution in [3.05, 3.63) is 0 Å². The Morgan fingerprint density at radius 3 is 0.628 bits per heavy atom. The van der Waals surface area contributed by atoms with Crippen molar-refractivity contribution in [1.29, 1.82) is 0 Å². The molecule has 0 bridgehead atoms. The van der Waals surface area contributed by atoms with E-state index in [1.54, 1.807) is 0 Å². The van der Waals surface area contributed by atoms with E-state index in [1.165, 1.54) is 0 Å². The first-order chi connectivity index (χ1) is 18.5. The monoisotopic (exact) mass is 692 g/mol. The Morgan fingerprint density at radius 1 is 0.349 bits per heavy atom. The summed E-state index contributed by atoms with van der Waals surface area (Å²) in [5, 5.41) is 0. The maximum absolute atomic E-state index is 7.06. The minimum atomic E-state index is -5.16. The topological polar surface area (TPSA) is 92.3 Å². The number of rotatable bonds is 14. The van der Waals surface area contributed by atoms with Crippen molar-refractivity contribution in [3.63, 3.8) is 0 Å². The van der Waals surface area contributed by atoms with Gasteiger partial charge in [0, 0.05) is 0 Å². The number of hydrogen-bond acceptors (Lipinski definition) is 10. The summed E-state index contributed by atoms with van der Waals surface area (Å²) in [5.74, 6) is 0. The Hall–Kier alpha value is 0.748. The molecule has 0 aliphatic carbocycles. The summed E-state index contributed by atoms with van der Waals surface area (Å²) in [7, 11) is -8.37. The van der Waals surface area contributed by atoms with Crippen LogP contribution < -0.4 is 0 Å². The Labute approximate surface area is 272 Å². The normalized spacial score (nSPS) is 15.6. The average Bonchev–Trinajstić information content (AvgIpc) is 2.47. The molecule has 0 rings (SSSR count). The second-order valence-corrected chi connectivity index (χ2v) is 25.2. The van der Waals surface area contributed by atoms with Gasteiger partial charge in [-0.3, -0.25) is 0 Å². The van der Waals surface area contributed by atoms with E-state index in [2.05, 4.69) is 0 Å². The van der Waals surface area contributed by atoms with Crippen LogP contribution in [-0.4, -0.2) is 63.9 Å². The maximum atomic E-state index is 7.06. The van der Waals surface area contributed by atoms with Crippen molar-refractivity contribution < 1.29 is 57.3 Å². The first kappa shape index (κ1) is 43.7. The van der Waals surface area contributed by atoms with Crippen LogP contribution in [0.1, 0.15) is 152 Å². The quantitative estimate of drug-likeness (QED) is 0.165. The average molecular weight is 693 g/mol. The van der Waals surface area contributed by atoms with Gasteiger partial charge < -0.3 is 0 Å². The van der Waals surface area contributed by atoms with Crippen molar-refractivity contribution in [2.75, 3.05) is 0 Å². The van der Waals surface area contributed by atoms with Crippen molar-refractivity contribution in [2.45, 2.75) is 198 Å². The van der Waals surface area contributed by atoms with Gasteiger partial charge in [0.25, 0.3) is 0 Å². The molecule has 0 saturated carbocycles. The Kier molecular flexibility index (Phi) is 15.1. The van der Waals surface area contributed by atoms with Gasteiger partial charge in [-0.2, -0.15) is 0 Å². The Morgan fingerprint density at radius 2 is 0.512 bits per heavy atom. The SMILES string of the molecule is CC(C)[O][Ti]([O]C(C)C)([O][Si](OC(C)(C)C)(OC(C)(C)C)OC(C)(C)C)[O][Si](OC(C)(C)C)(OC(C)(C)C)OC(C)(C)C. The fraction of sp³-hybridized carbons (Fsp3) is 1.00. The third-order valence-corrected chi connectivity index (χ3v) is 17.1. The zero-order valence-electron chi connectivity index (χ0n) is 31.7. The van der Waals surface area contributed by atoms with Crippen LogP contribution in [-0.2, 0) is 57.3 Å². The molecular weight excluding hydrogens is 624 g/mol. The van der Waals surface area contributed by atoms with Gasteiger partial charge in [-0.05, 0) is 0 Å². The molecule has 260 valence electrons. The van der Waals surface area contributed by atoms with Gasteiger partial charge in [0.2, 0.25) is 0 Å². The van der Waals surface area contributed by atoms with E-state index in [0.29, 0.717) is 0 Å². The molecule has 0 aromatic heterocycles. The fourth-order valence-corrected chi connectivity index (χ4v) is 16.9. The zero-order chi connectivity index (χ0) is 34.7. The molecule has 0 atom stereocenters. The van der Waals surface area contributed by atoms with Gasteiger partial charge in [-0.15, -0.1) is 0 Å². The molecular formula is C30H68O10Si2Ti. The van der Waals surface area contributed by atoms with Crippen LogP contribution >= 0.6 is 0 Å².